The van der Waals surface area contributed by atoms with Crippen molar-refractivity contribution >= 4 is 17.8 Å². The minimum absolute atomic E-state index is 0.245. The predicted octanol–water partition coefficient (Wildman–Crippen LogP) is 3.48. The highest BCUT2D eigenvalue weighted by atomic mass is 16.6. The average Bonchev–Trinajstić information content (AvgIpc) is 2.99. The summed E-state index contributed by atoms with van der Waals surface area (Å²) in [5.74, 6) is 1.00. The molecule has 3 rings (SSSR count). The molecule has 148 valence electrons. The zero-order chi connectivity index (χ0) is 20.3. The van der Waals surface area contributed by atoms with E-state index in [1.54, 1.807) is 46.1 Å². The first kappa shape index (κ1) is 19.5. The van der Waals surface area contributed by atoms with Gasteiger partial charge in [-0.3, -0.25) is 4.79 Å². The number of hydrogen-bond acceptors (Lipinski definition) is 6. The summed E-state index contributed by atoms with van der Waals surface area (Å²) in [7, 11) is 1.55. The number of aryl methyl sites for hydroxylation is 1. The van der Waals surface area contributed by atoms with Crippen LogP contribution in [0.5, 0.6) is 17.2 Å². The van der Waals surface area contributed by atoms with Gasteiger partial charge in [-0.25, -0.2) is 4.79 Å². The van der Waals surface area contributed by atoms with Crippen LogP contribution in [0.1, 0.15) is 44.6 Å². The molecule has 0 amide bonds. The van der Waals surface area contributed by atoms with Gasteiger partial charge in [-0.1, -0.05) is 6.08 Å². The molecule has 7 heteroatoms. The van der Waals surface area contributed by atoms with Crippen molar-refractivity contribution in [2.45, 2.75) is 20.8 Å². The van der Waals surface area contributed by atoms with Gasteiger partial charge in [0.15, 0.2) is 11.5 Å². The summed E-state index contributed by atoms with van der Waals surface area (Å²) in [6.07, 6.45) is 3.11. The smallest absolute Gasteiger partial charge is 0.340 e. The molecule has 0 aliphatic carbocycles. The van der Waals surface area contributed by atoms with Gasteiger partial charge in [-0.2, -0.15) is 0 Å². The number of nitrogens with one attached hydrogen (secondary N) is 1. The van der Waals surface area contributed by atoms with Crippen LogP contribution in [-0.2, 0) is 4.74 Å². The number of allylic oxidation sites excluding steroid dienone is 1. The minimum Gasteiger partial charge on any atom is -0.493 e. The van der Waals surface area contributed by atoms with Crippen LogP contribution < -0.4 is 14.2 Å². The molecule has 0 unspecified atom stereocenters. The molecule has 0 spiro atoms. The Hall–Kier alpha value is -3.22. The number of H-pyrrole nitrogens is 1. The van der Waals surface area contributed by atoms with Gasteiger partial charge in [0.25, 0.3) is 0 Å². The molecule has 0 saturated carbocycles. The van der Waals surface area contributed by atoms with Crippen LogP contribution >= 0.6 is 0 Å². The normalized spacial score (nSPS) is 12.9. The highest BCUT2D eigenvalue weighted by Gasteiger charge is 2.22. The monoisotopic (exact) mass is 385 g/mol. The highest BCUT2D eigenvalue weighted by Crippen LogP contribution is 2.40. The van der Waals surface area contributed by atoms with Gasteiger partial charge < -0.3 is 23.9 Å². The van der Waals surface area contributed by atoms with Crippen molar-refractivity contribution in [2.24, 2.45) is 0 Å². The van der Waals surface area contributed by atoms with Crippen LogP contribution in [-0.4, -0.2) is 43.7 Å². The SMILES string of the molecule is CCOC(=O)c1c(C)[nH]c(C(=O)/C=C/c2cc(OC)c3c(c2)OCCO3)c1C. The van der Waals surface area contributed by atoms with Crippen LogP contribution in [0.25, 0.3) is 6.08 Å². The van der Waals surface area contributed by atoms with E-state index >= 15 is 0 Å². The number of rotatable bonds is 6. The van der Waals surface area contributed by atoms with Crippen molar-refractivity contribution in [3.8, 4) is 17.2 Å². The molecule has 7 nitrogen and oxygen atoms in total. The lowest BCUT2D eigenvalue weighted by Gasteiger charge is -2.20. The standard InChI is InChI=1S/C21H23NO6/c1-5-26-21(24)18-12(2)19(22-13(18)3)15(23)7-6-14-10-16(25-4)20-17(11-14)27-8-9-28-20/h6-7,10-11,22H,5,8-9H2,1-4H3/b7-6+. The van der Waals surface area contributed by atoms with E-state index in [9.17, 15) is 9.59 Å². The fourth-order valence-electron chi connectivity index (χ4n) is 3.15. The van der Waals surface area contributed by atoms with E-state index in [1.807, 2.05) is 0 Å². The van der Waals surface area contributed by atoms with E-state index in [0.29, 0.717) is 53.0 Å². The number of benzene rings is 1. The molecule has 0 bridgehead atoms. The zero-order valence-corrected chi connectivity index (χ0v) is 16.4. The van der Waals surface area contributed by atoms with Gasteiger partial charge in [0, 0.05) is 5.69 Å². The van der Waals surface area contributed by atoms with Gasteiger partial charge in [0.05, 0.1) is 25.0 Å². The first-order valence-corrected chi connectivity index (χ1v) is 9.02. The summed E-state index contributed by atoms with van der Waals surface area (Å²) in [6, 6.07) is 3.56. The average molecular weight is 385 g/mol. The molecule has 28 heavy (non-hydrogen) atoms. The molecule has 0 atom stereocenters. The third-order valence-electron chi connectivity index (χ3n) is 4.44. The highest BCUT2D eigenvalue weighted by molar-refractivity contribution is 6.09. The Kier molecular flexibility index (Phi) is 5.73. The molecule has 1 aromatic carbocycles. The van der Waals surface area contributed by atoms with Gasteiger partial charge in [0.2, 0.25) is 11.5 Å². The quantitative estimate of drug-likeness (QED) is 0.465. The van der Waals surface area contributed by atoms with Gasteiger partial charge in [-0.15, -0.1) is 0 Å². The Balaban J connectivity index is 1.87. The van der Waals surface area contributed by atoms with Gasteiger partial charge in [-0.05, 0) is 50.1 Å². The number of carbonyl (C=O) groups excluding carboxylic acids is 2. The number of ether oxygens (including phenoxy) is 4. The van der Waals surface area contributed by atoms with Crippen molar-refractivity contribution in [3.05, 3.63) is 46.3 Å². The summed E-state index contributed by atoms with van der Waals surface area (Å²) >= 11 is 0. The van der Waals surface area contributed by atoms with Crippen LogP contribution in [0.15, 0.2) is 18.2 Å². The summed E-state index contributed by atoms with van der Waals surface area (Å²) in [5.41, 5.74) is 2.68. The van der Waals surface area contributed by atoms with Crippen LogP contribution in [0, 0.1) is 13.8 Å². The summed E-state index contributed by atoms with van der Waals surface area (Å²) in [4.78, 5) is 27.8. The minimum atomic E-state index is -0.437. The fourth-order valence-corrected chi connectivity index (χ4v) is 3.15. The van der Waals surface area contributed by atoms with Crippen molar-refractivity contribution in [3.63, 3.8) is 0 Å². The second-order valence-electron chi connectivity index (χ2n) is 6.29. The predicted molar refractivity (Wildman–Crippen MR) is 104 cm³/mol. The molecule has 1 aromatic heterocycles. The lowest BCUT2D eigenvalue weighted by Crippen LogP contribution is -2.16. The third kappa shape index (κ3) is 3.74. The van der Waals surface area contributed by atoms with Crippen LogP contribution in [0.2, 0.25) is 0 Å². The number of aromatic amines is 1. The number of carbonyl (C=O) groups is 2. The lowest BCUT2D eigenvalue weighted by molar-refractivity contribution is 0.0525. The number of esters is 1. The Morgan fingerprint density at radius 1 is 1.21 bits per heavy atom. The second-order valence-corrected chi connectivity index (χ2v) is 6.29. The van der Waals surface area contributed by atoms with Crippen LogP contribution in [0.3, 0.4) is 0 Å². The first-order chi connectivity index (χ1) is 13.5. The van der Waals surface area contributed by atoms with Crippen molar-refractivity contribution in [1.29, 1.82) is 0 Å². The molecule has 0 radical (unpaired) electrons. The summed E-state index contributed by atoms with van der Waals surface area (Å²) < 4.78 is 21.6. The van der Waals surface area contributed by atoms with E-state index in [2.05, 4.69) is 4.98 Å². The van der Waals surface area contributed by atoms with E-state index in [1.165, 1.54) is 6.08 Å². The number of methoxy groups -OCH3 is 1. The Bertz CT molecular complexity index is 924. The van der Waals surface area contributed by atoms with Crippen LogP contribution in [0.4, 0.5) is 0 Å². The number of hydrogen-bond donors (Lipinski definition) is 1. The molecule has 1 aliphatic heterocycles. The largest absolute Gasteiger partial charge is 0.493 e. The lowest BCUT2D eigenvalue weighted by atomic mass is 10.1. The Morgan fingerprint density at radius 2 is 1.96 bits per heavy atom. The van der Waals surface area contributed by atoms with Crippen molar-refractivity contribution < 1.29 is 28.5 Å². The van der Waals surface area contributed by atoms with Gasteiger partial charge in [0.1, 0.15) is 13.2 Å². The molecular weight excluding hydrogens is 362 g/mol. The topological polar surface area (TPSA) is 86.9 Å². The molecule has 2 heterocycles. The number of fused-ring (bicyclic) bond motifs is 1. The Labute approximate surface area is 163 Å². The van der Waals surface area contributed by atoms with E-state index in [4.69, 9.17) is 18.9 Å². The van der Waals surface area contributed by atoms with E-state index in [0.717, 1.165) is 5.56 Å². The first-order valence-electron chi connectivity index (χ1n) is 9.02. The molecule has 2 aromatic rings. The molecule has 1 aliphatic rings. The fraction of sp³-hybridized carbons (Fsp3) is 0.333. The maximum absolute atomic E-state index is 12.7. The second kappa shape index (κ2) is 8.21. The number of aromatic nitrogens is 1. The molecule has 1 N–H and O–H groups in total. The molecule has 0 saturated heterocycles. The van der Waals surface area contributed by atoms with E-state index in [-0.39, 0.29) is 12.4 Å². The molecule has 0 fully saturated rings. The maximum Gasteiger partial charge on any atom is 0.340 e. The third-order valence-corrected chi connectivity index (χ3v) is 4.44. The van der Waals surface area contributed by atoms with Crippen molar-refractivity contribution in [2.75, 3.05) is 26.9 Å². The molecular formula is C21H23NO6. The Morgan fingerprint density at radius 3 is 2.68 bits per heavy atom. The number of ketones is 1. The maximum atomic E-state index is 12.7. The van der Waals surface area contributed by atoms with E-state index < -0.39 is 5.97 Å². The summed E-state index contributed by atoms with van der Waals surface area (Å²) in [5, 5.41) is 0. The van der Waals surface area contributed by atoms with Gasteiger partial charge >= 0.3 is 5.97 Å². The zero-order valence-electron chi connectivity index (χ0n) is 16.4. The van der Waals surface area contributed by atoms with Crippen molar-refractivity contribution in [1.82, 2.24) is 4.98 Å². The summed E-state index contributed by atoms with van der Waals surface area (Å²) in [6.45, 7) is 6.41.